The molecular weight excluding hydrogens is 822 g/mol. The van der Waals surface area contributed by atoms with E-state index < -0.39 is 65.0 Å². The van der Waals surface area contributed by atoms with Crippen molar-refractivity contribution in [2.24, 2.45) is 11.1 Å². The van der Waals surface area contributed by atoms with Crippen LogP contribution in [-0.4, -0.2) is 150 Å². The van der Waals surface area contributed by atoms with Crippen molar-refractivity contribution in [3.63, 3.8) is 0 Å². The monoisotopic (exact) mass is 862 g/mol. The van der Waals surface area contributed by atoms with Crippen molar-refractivity contribution in [1.82, 2.24) is 20.1 Å². The van der Waals surface area contributed by atoms with Gasteiger partial charge in [-0.05, 0) is 25.0 Å². The fourth-order valence-corrected chi connectivity index (χ4v) is 8.36. The number of aromatic nitrogens is 1. The van der Waals surface area contributed by atoms with E-state index in [-0.39, 0.29) is 51.9 Å². The standard InChI is InChI=1S/C36H40ClN7O12S2/c1-18-22(14-39-31(49)28(23-17-58-36(38)40-23)41-56-25(34(52)53)5-4-6-26(46)47)33(51)43(18)29(35(54)55)19(16-57)15-44(10-2-3-11-44)12-9-42-8-7-20-21(32(42)50)13-24(45)30(48)27(20)37/h5-6,13,17-18,22,25H,2-3,7-12,14-16H2,1H3,(H8-,38,39,40,41,45,46,47,48,49,50,52,53,54,55,57)/p+1. The first-order chi connectivity index (χ1) is 27.5. The molecule has 3 unspecified atom stereocenters. The Kier molecular flexibility index (Phi) is 13.8. The number of halogens is 1. The summed E-state index contributed by atoms with van der Waals surface area (Å²) in [6, 6.07) is 0.513. The number of hydrogen-bond donors (Lipinski definition) is 8. The lowest BCUT2D eigenvalue weighted by Crippen LogP contribution is -2.63. The molecule has 5 rings (SSSR count). The molecule has 0 radical (unpaired) electrons. The number of carboxylic acids is 3. The van der Waals surface area contributed by atoms with Gasteiger partial charge in [0.05, 0.1) is 43.2 Å². The molecule has 1 aromatic carbocycles. The number of nitrogens with two attached hydrogens (primary N) is 1. The first-order valence-corrected chi connectivity index (χ1v) is 19.8. The number of oxime groups is 1. The minimum Gasteiger partial charge on any atom is -0.504 e. The van der Waals surface area contributed by atoms with Crippen LogP contribution >= 0.6 is 35.6 Å². The number of rotatable bonds is 17. The predicted molar refractivity (Wildman–Crippen MR) is 211 cm³/mol. The Hall–Kier alpha value is -5.60. The zero-order chi connectivity index (χ0) is 42.5. The van der Waals surface area contributed by atoms with Gasteiger partial charge in [0, 0.05) is 60.3 Å². The zero-order valence-corrected chi connectivity index (χ0v) is 33.4. The molecule has 0 spiro atoms. The first-order valence-electron chi connectivity index (χ1n) is 17.9. The number of anilines is 1. The summed E-state index contributed by atoms with van der Waals surface area (Å²) in [5.74, 6) is -7.95. The number of amides is 3. The van der Waals surface area contributed by atoms with Crippen LogP contribution in [0.5, 0.6) is 11.5 Å². The van der Waals surface area contributed by atoms with Crippen molar-refractivity contribution in [1.29, 1.82) is 0 Å². The molecule has 0 saturated carbocycles. The lowest BCUT2D eigenvalue weighted by atomic mass is 9.87. The number of fused-ring (bicyclic) bond motifs is 1. The molecule has 310 valence electrons. The number of carbonyl (C=O) groups excluding carboxylic acids is 3. The van der Waals surface area contributed by atoms with Crippen LogP contribution in [0.1, 0.15) is 41.4 Å². The van der Waals surface area contributed by atoms with Gasteiger partial charge in [-0.3, -0.25) is 14.4 Å². The molecule has 2 saturated heterocycles. The molecule has 19 nitrogen and oxygen atoms in total. The highest BCUT2D eigenvalue weighted by Gasteiger charge is 2.49. The van der Waals surface area contributed by atoms with Crippen molar-refractivity contribution in [2.75, 3.05) is 57.3 Å². The fourth-order valence-electron chi connectivity index (χ4n) is 7.27. The second kappa shape index (κ2) is 18.3. The Morgan fingerprint density at radius 3 is 2.52 bits per heavy atom. The molecule has 58 heavy (non-hydrogen) atoms. The van der Waals surface area contributed by atoms with E-state index >= 15 is 0 Å². The minimum absolute atomic E-state index is 0.0199. The van der Waals surface area contributed by atoms with Gasteiger partial charge in [0.2, 0.25) is 12.0 Å². The Balaban J connectivity index is 1.29. The molecule has 1 aromatic heterocycles. The van der Waals surface area contributed by atoms with Crippen LogP contribution in [0.15, 0.2) is 45.8 Å². The normalized spacial score (nSPS) is 19.6. The first kappa shape index (κ1) is 43.5. The number of likely N-dealkylation sites (tertiary alicyclic amines) is 2. The number of benzene rings is 1. The molecule has 2 aromatic rings. The van der Waals surface area contributed by atoms with Gasteiger partial charge in [-0.2, -0.15) is 12.6 Å². The molecular formula is C36H41ClN7O12S2+. The van der Waals surface area contributed by atoms with E-state index in [9.17, 15) is 49.2 Å². The lowest BCUT2D eigenvalue weighted by molar-refractivity contribution is -0.911. The number of nitrogens with zero attached hydrogens (tertiary/aromatic N) is 5. The van der Waals surface area contributed by atoms with Gasteiger partial charge >= 0.3 is 17.9 Å². The number of carboxylic acid groups (broad SMARTS) is 3. The molecule has 3 atom stereocenters. The molecule has 3 aliphatic rings. The molecule has 0 aliphatic carbocycles. The predicted octanol–water partition coefficient (Wildman–Crippen LogP) is 1.30. The van der Waals surface area contributed by atoms with E-state index in [1.165, 1.54) is 16.3 Å². The average Bonchev–Trinajstić information content (AvgIpc) is 3.83. The number of hydrogen-bond acceptors (Lipinski definition) is 14. The van der Waals surface area contributed by atoms with Gasteiger partial charge in [0.1, 0.15) is 17.9 Å². The van der Waals surface area contributed by atoms with Crippen LogP contribution in [0.3, 0.4) is 0 Å². The van der Waals surface area contributed by atoms with Gasteiger partial charge in [0.25, 0.3) is 11.8 Å². The molecule has 22 heteroatoms. The number of phenolic OH excluding ortho intramolecular Hbond substituents is 2. The third-order valence-corrected chi connectivity index (χ3v) is 11.8. The lowest BCUT2D eigenvalue weighted by Gasteiger charge is -2.46. The Labute approximate surface area is 345 Å². The van der Waals surface area contributed by atoms with Crippen LogP contribution in [-0.2, 0) is 35.2 Å². The second-order valence-electron chi connectivity index (χ2n) is 13.9. The number of β-lactam (4-membered cyclic amide) rings is 1. The third kappa shape index (κ3) is 9.40. The molecule has 3 amide bonds. The third-order valence-electron chi connectivity index (χ3n) is 10.3. The number of quaternary nitrogens is 1. The highest BCUT2D eigenvalue weighted by molar-refractivity contribution is 7.80. The van der Waals surface area contributed by atoms with Crippen LogP contribution in [0.4, 0.5) is 5.13 Å². The van der Waals surface area contributed by atoms with E-state index in [2.05, 4.69) is 33.8 Å². The van der Waals surface area contributed by atoms with Crippen LogP contribution in [0.2, 0.25) is 5.02 Å². The quantitative estimate of drug-likeness (QED) is 0.0163. The molecule has 3 aliphatic heterocycles. The van der Waals surface area contributed by atoms with Gasteiger partial charge in [-0.15, -0.1) is 17.1 Å². The van der Waals surface area contributed by atoms with Crippen molar-refractivity contribution < 1.29 is 63.6 Å². The maximum Gasteiger partial charge on any atom is 0.352 e. The van der Waals surface area contributed by atoms with Gasteiger partial charge < -0.3 is 55.7 Å². The maximum absolute atomic E-state index is 13.6. The Morgan fingerprint density at radius 2 is 1.93 bits per heavy atom. The Bertz CT molecular complexity index is 2140. The van der Waals surface area contributed by atoms with E-state index in [1.54, 1.807) is 11.8 Å². The summed E-state index contributed by atoms with van der Waals surface area (Å²) in [6.45, 7) is 4.13. The maximum atomic E-state index is 13.6. The van der Waals surface area contributed by atoms with Crippen molar-refractivity contribution >= 4 is 82.0 Å². The van der Waals surface area contributed by atoms with Gasteiger partial charge in [-0.1, -0.05) is 16.8 Å². The van der Waals surface area contributed by atoms with E-state index in [0.29, 0.717) is 60.8 Å². The number of nitrogen functional groups attached to an aromatic ring is 1. The summed E-state index contributed by atoms with van der Waals surface area (Å²) in [5, 5.41) is 56.4. The summed E-state index contributed by atoms with van der Waals surface area (Å²) in [6.07, 6.45) is 1.57. The number of aliphatic carboxylic acids is 3. The summed E-state index contributed by atoms with van der Waals surface area (Å²) < 4.78 is 0.445. The number of nitrogens with one attached hydrogen (secondary N) is 1. The molecule has 8 N–H and O–H groups in total. The topological polar surface area (TPSA) is 283 Å². The number of phenols is 2. The number of aromatic hydroxyl groups is 2. The summed E-state index contributed by atoms with van der Waals surface area (Å²) in [7, 11) is 0. The summed E-state index contributed by atoms with van der Waals surface area (Å²) in [5.41, 5.74) is 8.14. The number of carbonyl (C=O) groups is 6. The van der Waals surface area contributed by atoms with Crippen LogP contribution in [0.25, 0.3) is 0 Å². The average molecular weight is 863 g/mol. The molecule has 0 bridgehead atoms. The van der Waals surface area contributed by atoms with Crippen molar-refractivity contribution in [3.05, 3.63) is 62.4 Å². The zero-order valence-electron chi connectivity index (χ0n) is 31.0. The minimum atomic E-state index is -1.84. The molecule has 2 fully saturated rings. The highest BCUT2D eigenvalue weighted by atomic mass is 35.5. The highest BCUT2D eigenvalue weighted by Crippen LogP contribution is 2.40. The van der Waals surface area contributed by atoms with Crippen molar-refractivity contribution in [3.8, 4) is 11.5 Å². The molecule has 4 heterocycles. The Morgan fingerprint density at radius 1 is 1.22 bits per heavy atom. The number of thiazole rings is 1. The van der Waals surface area contributed by atoms with Crippen LogP contribution in [0, 0.1) is 5.92 Å². The number of thiol groups is 1. The van der Waals surface area contributed by atoms with Crippen molar-refractivity contribution in [2.45, 2.75) is 38.3 Å². The van der Waals surface area contributed by atoms with Gasteiger partial charge in [0.15, 0.2) is 22.3 Å². The van der Waals surface area contributed by atoms with E-state index in [0.717, 1.165) is 30.3 Å². The second-order valence-corrected chi connectivity index (χ2v) is 15.5. The summed E-state index contributed by atoms with van der Waals surface area (Å²) in [4.78, 5) is 87.5. The fraction of sp³-hybridized carbons (Fsp3) is 0.417. The van der Waals surface area contributed by atoms with E-state index in [1.807, 2.05) is 0 Å². The largest absolute Gasteiger partial charge is 0.504 e. The SMILES string of the molecule is CC1C(CNC(=O)C(=NOC(C=C=CC(=O)O)C(=O)O)c2csc(N)n2)C(=O)N1C(C(=O)O)=C(CS)C[N+]1(CCN2CCc3c(cc(O)c(O)c3Cl)C2=O)CCCC1. The van der Waals surface area contributed by atoms with E-state index in [4.69, 9.17) is 27.3 Å². The van der Waals surface area contributed by atoms with Crippen LogP contribution < -0.4 is 11.1 Å². The van der Waals surface area contributed by atoms with Gasteiger partial charge in [-0.25, -0.2) is 19.4 Å². The summed E-state index contributed by atoms with van der Waals surface area (Å²) >= 11 is 11.7. The smallest absolute Gasteiger partial charge is 0.352 e.